The van der Waals surface area contributed by atoms with Gasteiger partial charge in [-0.15, -0.1) is 0 Å². The molecule has 1 saturated heterocycles. The fraction of sp³-hybridized carbons (Fsp3) is 0.480. The average molecular weight is 402 g/mol. The fourth-order valence-corrected chi connectivity index (χ4v) is 5.37. The minimum atomic E-state index is 0.835. The number of hydrogen-bond acceptors (Lipinski definition) is 4. The van der Waals surface area contributed by atoms with Gasteiger partial charge < -0.3 is 14.4 Å². The number of hydrogen-bond donors (Lipinski definition) is 0. The zero-order valence-corrected chi connectivity index (χ0v) is 17.7. The Kier molecular flexibility index (Phi) is 4.64. The van der Waals surface area contributed by atoms with E-state index in [1.165, 1.54) is 60.6 Å². The minimum absolute atomic E-state index is 0.835. The van der Waals surface area contributed by atoms with Gasteiger partial charge in [-0.3, -0.25) is 4.90 Å². The van der Waals surface area contributed by atoms with Crippen molar-refractivity contribution in [2.45, 2.75) is 38.3 Å². The summed E-state index contributed by atoms with van der Waals surface area (Å²) >= 11 is 0. The summed E-state index contributed by atoms with van der Waals surface area (Å²) in [6.45, 7) is 7.68. The standard InChI is InChI=1S/C25H31N5/c1-2-5-20(6-3-1)28-13-15-29(16-14-28)22-9-10-24-23(19-22)26-25-11-12-27(17-18-30(24)25)21-7-4-8-21/h1-3,5-6,9-10,19,21H,4,7-8,11-18H2. The molecule has 30 heavy (non-hydrogen) atoms. The molecular weight excluding hydrogens is 370 g/mol. The third kappa shape index (κ3) is 3.25. The van der Waals surface area contributed by atoms with Crippen LogP contribution in [0.3, 0.4) is 0 Å². The molecule has 0 spiro atoms. The molecule has 2 fully saturated rings. The highest BCUT2D eigenvalue weighted by atomic mass is 15.3. The largest absolute Gasteiger partial charge is 0.368 e. The Hall–Kier alpha value is -2.53. The molecule has 1 saturated carbocycles. The second-order valence-electron chi connectivity index (χ2n) is 9.03. The van der Waals surface area contributed by atoms with Crippen molar-refractivity contribution < 1.29 is 0 Å². The number of aromatic nitrogens is 2. The molecule has 2 aliphatic heterocycles. The van der Waals surface area contributed by atoms with Gasteiger partial charge in [0.1, 0.15) is 5.82 Å². The zero-order valence-electron chi connectivity index (χ0n) is 17.7. The van der Waals surface area contributed by atoms with Gasteiger partial charge in [-0.1, -0.05) is 24.6 Å². The van der Waals surface area contributed by atoms with E-state index in [2.05, 4.69) is 67.8 Å². The topological polar surface area (TPSA) is 27.5 Å². The maximum Gasteiger partial charge on any atom is 0.111 e. The van der Waals surface area contributed by atoms with Crippen LogP contribution in [-0.4, -0.2) is 59.8 Å². The van der Waals surface area contributed by atoms with E-state index in [0.29, 0.717) is 0 Å². The molecule has 0 atom stereocenters. The van der Waals surface area contributed by atoms with E-state index in [1.807, 2.05) is 0 Å². The summed E-state index contributed by atoms with van der Waals surface area (Å²) in [5, 5.41) is 0. The first-order valence-electron chi connectivity index (χ1n) is 11.6. The molecule has 5 heteroatoms. The lowest BCUT2D eigenvalue weighted by atomic mass is 9.91. The Balaban J connectivity index is 1.17. The van der Waals surface area contributed by atoms with E-state index in [4.69, 9.17) is 4.98 Å². The van der Waals surface area contributed by atoms with E-state index in [-0.39, 0.29) is 0 Å². The maximum absolute atomic E-state index is 5.07. The first kappa shape index (κ1) is 18.3. The number of nitrogens with zero attached hydrogens (tertiary/aromatic N) is 5. The van der Waals surface area contributed by atoms with Gasteiger partial charge in [0, 0.05) is 69.7 Å². The fourth-order valence-electron chi connectivity index (χ4n) is 5.37. The van der Waals surface area contributed by atoms with Crippen LogP contribution in [0.25, 0.3) is 11.0 Å². The minimum Gasteiger partial charge on any atom is -0.368 e. The van der Waals surface area contributed by atoms with Crippen LogP contribution in [0.15, 0.2) is 48.5 Å². The molecule has 3 heterocycles. The quantitative estimate of drug-likeness (QED) is 0.668. The molecule has 0 unspecified atom stereocenters. The monoisotopic (exact) mass is 401 g/mol. The third-order valence-electron chi connectivity index (χ3n) is 7.40. The lowest BCUT2D eigenvalue weighted by Gasteiger charge is -2.37. The predicted octanol–water partition coefficient (Wildman–Crippen LogP) is 3.77. The van der Waals surface area contributed by atoms with Crippen molar-refractivity contribution in [2.75, 3.05) is 49.1 Å². The van der Waals surface area contributed by atoms with Gasteiger partial charge >= 0.3 is 0 Å². The van der Waals surface area contributed by atoms with E-state index >= 15 is 0 Å². The van der Waals surface area contributed by atoms with E-state index in [0.717, 1.165) is 45.2 Å². The lowest BCUT2D eigenvalue weighted by molar-refractivity contribution is 0.130. The van der Waals surface area contributed by atoms with Crippen LogP contribution in [0.4, 0.5) is 11.4 Å². The van der Waals surface area contributed by atoms with Gasteiger partial charge in [0.15, 0.2) is 0 Å². The Labute approximate surface area is 178 Å². The number of imidazole rings is 1. The number of rotatable bonds is 3. The molecule has 0 bridgehead atoms. The van der Waals surface area contributed by atoms with E-state index < -0.39 is 0 Å². The lowest BCUT2D eigenvalue weighted by Crippen LogP contribution is -2.46. The molecule has 2 aromatic carbocycles. The smallest absolute Gasteiger partial charge is 0.111 e. The van der Waals surface area contributed by atoms with E-state index in [1.54, 1.807) is 0 Å². The highest BCUT2D eigenvalue weighted by Gasteiger charge is 2.27. The van der Waals surface area contributed by atoms with Crippen LogP contribution >= 0.6 is 0 Å². The summed E-state index contributed by atoms with van der Waals surface area (Å²) in [7, 11) is 0. The molecule has 5 nitrogen and oxygen atoms in total. The van der Waals surface area contributed by atoms with Gasteiger partial charge in [-0.25, -0.2) is 4.98 Å². The van der Waals surface area contributed by atoms with Crippen molar-refractivity contribution in [1.29, 1.82) is 0 Å². The summed E-state index contributed by atoms with van der Waals surface area (Å²) in [5.74, 6) is 1.28. The number of anilines is 2. The van der Waals surface area contributed by atoms with Crippen molar-refractivity contribution >= 4 is 22.4 Å². The zero-order chi connectivity index (χ0) is 19.9. The van der Waals surface area contributed by atoms with Gasteiger partial charge in [0.2, 0.25) is 0 Å². The molecule has 3 aliphatic rings. The normalized spacial score (nSPS) is 20.8. The summed E-state index contributed by atoms with van der Waals surface area (Å²) in [4.78, 5) is 12.8. The Morgan fingerprint density at radius 2 is 1.50 bits per heavy atom. The van der Waals surface area contributed by atoms with Gasteiger partial charge in [0.25, 0.3) is 0 Å². The summed E-state index contributed by atoms with van der Waals surface area (Å²) in [6, 6.07) is 18.5. The van der Waals surface area contributed by atoms with Gasteiger partial charge in [-0.05, 0) is 43.2 Å². The molecule has 156 valence electrons. The van der Waals surface area contributed by atoms with Crippen LogP contribution in [0.2, 0.25) is 0 Å². The first-order chi connectivity index (χ1) is 14.8. The summed E-state index contributed by atoms with van der Waals surface area (Å²) < 4.78 is 2.48. The van der Waals surface area contributed by atoms with Crippen molar-refractivity contribution in [3.63, 3.8) is 0 Å². The number of piperazine rings is 1. The van der Waals surface area contributed by atoms with Crippen LogP contribution in [0.5, 0.6) is 0 Å². The van der Waals surface area contributed by atoms with Crippen molar-refractivity contribution in [3.05, 3.63) is 54.4 Å². The highest BCUT2D eigenvalue weighted by molar-refractivity contribution is 5.80. The van der Waals surface area contributed by atoms with Crippen molar-refractivity contribution in [1.82, 2.24) is 14.5 Å². The van der Waals surface area contributed by atoms with Gasteiger partial charge in [-0.2, -0.15) is 0 Å². The highest BCUT2D eigenvalue weighted by Crippen LogP contribution is 2.29. The summed E-state index contributed by atoms with van der Waals surface area (Å²) in [5.41, 5.74) is 5.14. The second kappa shape index (κ2) is 7.62. The number of benzene rings is 2. The molecule has 0 amide bonds. The van der Waals surface area contributed by atoms with Crippen molar-refractivity contribution in [2.24, 2.45) is 0 Å². The van der Waals surface area contributed by atoms with E-state index in [9.17, 15) is 0 Å². The number of para-hydroxylation sites is 1. The Morgan fingerprint density at radius 1 is 0.733 bits per heavy atom. The Bertz CT molecular complexity index is 1010. The van der Waals surface area contributed by atoms with Crippen LogP contribution in [0.1, 0.15) is 25.1 Å². The van der Waals surface area contributed by atoms with Crippen LogP contribution < -0.4 is 9.80 Å². The third-order valence-corrected chi connectivity index (χ3v) is 7.40. The molecule has 6 rings (SSSR count). The molecule has 0 radical (unpaired) electrons. The van der Waals surface area contributed by atoms with Crippen molar-refractivity contribution in [3.8, 4) is 0 Å². The molecule has 1 aliphatic carbocycles. The maximum atomic E-state index is 5.07. The molecular formula is C25H31N5. The van der Waals surface area contributed by atoms with Gasteiger partial charge in [0.05, 0.1) is 11.0 Å². The van der Waals surface area contributed by atoms with Crippen LogP contribution in [0, 0.1) is 0 Å². The average Bonchev–Trinajstić information content (AvgIpc) is 2.99. The second-order valence-corrected chi connectivity index (χ2v) is 9.03. The number of fused-ring (bicyclic) bond motifs is 3. The molecule has 0 N–H and O–H groups in total. The molecule has 1 aromatic heterocycles. The summed E-state index contributed by atoms with van der Waals surface area (Å²) in [6.07, 6.45) is 5.28. The molecule has 3 aromatic rings. The first-order valence-corrected chi connectivity index (χ1v) is 11.6. The SMILES string of the molecule is c1ccc(N2CCN(c3ccc4c(c3)nc3n4CCN(C4CCC4)CC3)CC2)cc1. The Morgan fingerprint density at radius 3 is 2.23 bits per heavy atom. The van der Waals surface area contributed by atoms with Crippen LogP contribution in [-0.2, 0) is 13.0 Å². The predicted molar refractivity (Wildman–Crippen MR) is 124 cm³/mol.